The van der Waals surface area contributed by atoms with Gasteiger partial charge in [-0.05, 0) is 31.6 Å². The molecule has 2 N–H and O–H groups in total. The predicted molar refractivity (Wildman–Crippen MR) is 60.3 cm³/mol. The van der Waals surface area contributed by atoms with Crippen molar-refractivity contribution in [1.82, 2.24) is 4.90 Å². The van der Waals surface area contributed by atoms with Crippen molar-refractivity contribution < 1.29 is 4.79 Å². The summed E-state index contributed by atoms with van der Waals surface area (Å²) in [6, 6.07) is -0.329. The molecule has 0 aromatic heterocycles. The first kappa shape index (κ1) is 10.9. The Morgan fingerprint density at radius 1 is 1.27 bits per heavy atom. The molecule has 1 saturated heterocycles. The van der Waals surface area contributed by atoms with Crippen molar-refractivity contribution >= 4 is 5.91 Å². The lowest BCUT2D eigenvalue weighted by Gasteiger charge is -2.41. The Bertz CT molecular complexity index is 240. The van der Waals surface area contributed by atoms with Gasteiger partial charge < -0.3 is 10.6 Å². The van der Waals surface area contributed by atoms with E-state index in [1.165, 1.54) is 32.1 Å². The summed E-state index contributed by atoms with van der Waals surface area (Å²) in [6.45, 7) is 3.68. The number of nitrogens with zero attached hydrogens (tertiary/aromatic N) is 1. The molecule has 3 heteroatoms. The lowest BCUT2D eigenvalue weighted by Crippen LogP contribution is -2.49. The van der Waals surface area contributed by atoms with Crippen LogP contribution in [0.2, 0.25) is 0 Å². The maximum absolute atomic E-state index is 11.8. The molecule has 1 heterocycles. The van der Waals surface area contributed by atoms with E-state index in [9.17, 15) is 4.79 Å². The number of carbonyl (C=O) groups is 1. The molecule has 0 spiro atoms. The number of nitrogens with two attached hydrogens (primary N) is 1. The maximum Gasteiger partial charge on any atom is 0.239 e. The molecule has 1 amide bonds. The van der Waals surface area contributed by atoms with Crippen LogP contribution in [0.15, 0.2) is 0 Å². The number of likely N-dealkylation sites (tertiary alicyclic amines) is 1. The largest absolute Gasteiger partial charge is 0.341 e. The van der Waals surface area contributed by atoms with E-state index in [1.807, 2.05) is 4.90 Å². The van der Waals surface area contributed by atoms with Crippen LogP contribution in [0.1, 0.15) is 39.0 Å². The third kappa shape index (κ3) is 2.33. The van der Waals surface area contributed by atoms with Crippen LogP contribution >= 0.6 is 0 Å². The van der Waals surface area contributed by atoms with Gasteiger partial charge in [0.15, 0.2) is 0 Å². The van der Waals surface area contributed by atoms with E-state index in [0.29, 0.717) is 0 Å². The highest BCUT2D eigenvalue weighted by Crippen LogP contribution is 2.36. The first-order valence-corrected chi connectivity index (χ1v) is 6.23. The second-order valence-electron chi connectivity index (χ2n) is 5.17. The molecule has 3 atom stereocenters. The summed E-state index contributed by atoms with van der Waals surface area (Å²) in [5.41, 5.74) is 5.64. The monoisotopic (exact) mass is 210 g/mol. The zero-order valence-corrected chi connectivity index (χ0v) is 9.61. The Kier molecular flexibility index (Phi) is 3.29. The van der Waals surface area contributed by atoms with Crippen molar-refractivity contribution in [2.24, 2.45) is 17.6 Å². The van der Waals surface area contributed by atoms with Gasteiger partial charge in [-0.25, -0.2) is 0 Å². The highest BCUT2D eigenvalue weighted by atomic mass is 16.2. The molecule has 3 unspecified atom stereocenters. The Balaban J connectivity index is 1.93. The van der Waals surface area contributed by atoms with E-state index in [1.54, 1.807) is 6.92 Å². The summed E-state index contributed by atoms with van der Waals surface area (Å²) < 4.78 is 0. The normalized spacial score (nSPS) is 33.3. The van der Waals surface area contributed by atoms with Crippen molar-refractivity contribution in [1.29, 1.82) is 0 Å². The van der Waals surface area contributed by atoms with Gasteiger partial charge in [0, 0.05) is 13.1 Å². The molecular weight excluding hydrogens is 188 g/mol. The molecule has 0 radical (unpaired) electrons. The van der Waals surface area contributed by atoms with Crippen LogP contribution in [0.4, 0.5) is 0 Å². The van der Waals surface area contributed by atoms with Gasteiger partial charge in [0.1, 0.15) is 0 Å². The van der Waals surface area contributed by atoms with Crippen molar-refractivity contribution in [2.75, 3.05) is 13.1 Å². The number of piperidine rings is 1. The Labute approximate surface area is 92.0 Å². The summed E-state index contributed by atoms with van der Waals surface area (Å²) in [7, 11) is 0. The predicted octanol–water partition coefficient (Wildman–Crippen LogP) is 1.37. The number of hydrogen-bond donors (Lipinski definition) is 1. The van der Waals surface area contributed by atoms with Crippen molar-refractivity contribution in [3.8, 4) is 0 Å². The number of carbonyl (C=O) groups excluding carboxylic acids is 1. The van der Waals surface area contributed by atoms with Crippen molar-refractivity contribution in [3.63, 3.8) is 0 Å². The van der Waals surface area contributed by atoms with Crippen molar-refractivity contribution in [3.05, 3.63) is 0 Å². The van der Waals surface area contributed by atoms with Gasteiger partial charge in [-0.15, -0.1) is 0 Å². The minimum Gasteiger partial charge on any atom is -0.341 e. The van der Waals surface area contributed by atoms with Gasteiger partial charge in [0.2, 0.25) is 5.91 Å². The number of fused-ring (bicyclic) bond motifs is 1. The average Bonchev–Trinajstić information content (AvgIpc) is 2.27. The molecule has 1 aliphatic heterocycles. The molecule has 0 aromatic carbocycles. The lowest BCUT2D eigenvalue weighted by molar-refractivity contribution is -0.135. The zero-order valence-electron chi connectivity index (χ0n) is 9.61. The first-order chi connectivity index (χ1) is 7.18. The quantitative estimate of drug-likeness (QED) is 0.710. The van der Waals surface area contributed by atoms with Crippen LogP contribution in [0.25, 0.3) is 0 Å². The van der Waals surface area contributed by atoms with Crippen LogP contribution in [-0.4, -0.2) is 29.9 Å². The maximum atomic E-state index is 11.8. The smallest absolute Gasteiger partial charge is 0.239 e. The Hall–Kier alpha value is -0.570. The lowest BCUT2D eigenvalue weighted by atomic mass is 9.75. The summed E-state index contributed by atoms with van der Waals surface area (Å²) in [6.07, 6.45) is 6.63. The number of hydrogen-bond acceptors (Lipinski definition) is 2. The molecule has 3 nitrogen and oxygen atoms in total. The summed E-state index contributed by atoms with van der Waals surface area (Å²) in [5.74, 6) is 1.78. The molecule has 1 saturated carbocycles. The molecule has 2 rings (SSSR count). The van der Waals surface area contributed by atoms with Gasteiger partial charge in [-0.3, -0.25) is 4.79 Å². The third-order valence-electron chi connectivity index (χ3n) is 3.99. The zero-order chi connectivity index (χ0) is 10.8. The minimum absolute atomic E-state index is 0.138. The Morgan fingerprint density at radius 3 is 2.60 bits per heavy atom. The summed E-state index contributed by atoms with van der Waals surface area (Å²) in [5, 5.41) is 0. The molecule has 0 aromatic rings. The molecule has 86 valence electrons. The second kappa shape index (κ2) is 4.52. The third-order valence-corrected chi connectivity index (χ3v) is 3.99. The second-order valence-corrected chi connectivity index (χ2v) is 5.17. The SMILES string of the molecule is CC(N)C(=O)N1CCC2CCCCC2C1. The van der Waals surface area contributed by atoms with Gasteiger partial charge in [-0.2, -0.15) is 0 Å². The van der Waals surface area contributed by atoms with E-state index >= 15 is 0 Å². The number of amides is 1. The average molecular weight is 210 g/mol. The first-order valence-electron chi connectivity index (χ1n) is 6.23. The fourth-order valence-corrected chi connectivity index (χ4v) is 3.09. The van der Waals surface area contributed by atoms with E-state index in [4.69, 9.17) is 5.73 Å². The fraction of sp³-hybridized carbons (Fsp3) is 0.917. The van der Waals surface area contributed by atoms with E-state index < -0.39 is 0 Å². The Morgan fingerprint density at radius 2 is 1.93 bits per heavy atom. The van der Waals surface area contributed by atoms with Crippen molar-refractivity contribution in [2.45, 2.75) is 45.1 Å². The molecular formula is C12H22N2O. The molecule has 0 bridgehead atoms. The minimum atomic E-state index is -0.329. The fourth-order valence-electron chi connectivity index (χ4n) is 3.09. The highest BCUT2D eigenvalue weighted by molar-refractivity contribution is 5.81. The topological polar surface area (TPSA) is 46.3 Å². The van der Waals surface area contributed by atoms with E-state index in [-0.39, 0.29) is 11.9 Å². The molecule has 2 aliphatic rings. The highest BCUT2D eigenvalue weighted by Gasteiger charge is 2.33. The van der Waals surface area contributed by atoms with Crippen LogP contribution in [0.5, 0.6) is 0 Å². The van der Waals surface area contributed by atoms with Crippen LogP contribution < -0.4 is 5.73 Å². The van der Waals surface area contributed by atoms with Crippen LogP contribution in [-0.2, 0) is 4.79 Å². The standard InChI is InChI=1S/C12H22N2O/c1-9(13)12(15)14-7-6-10-4-2-3-5-11(10)8-14/h9-11H,2-8,13H2,1H3. The van der Waals surface area contributed by atoms with Crippen LogP contribution in [0, 0.1) is 11.8 Å². The van der Waals surface area contributed by atoms with E-state index in [0.717, 1.165) is 24.9 Å². The summed E-state index contributed by atoms with van der Waals surface area (Å²) in [4.78, 5) is 13.8. The number of rotatable bonds is 1. The van der Waals surface area contributed by atoms with Crippen LogP contribution in [0.3, 0.4) is 0 Å². The molecule has 15 heavy (non-hydrogen) atoms. The van der Waals surface area contributed by atoms with Gasteiger partial charge in [-0.1, -0.05) is 19.3 Å². The van der Waals surface area contributed by atoms with Gasteiger partial charge in [0.25, 0.3) is 0 Å². The van der Waals surface area contributed by atoms with Gasteiger partial charge in [0.05, 0.1) is 6.04 Å². The molecule has 1 aliphatic carbocycles. The summed E-state index contributed by atoms with van der Waals surface area (Å²) >= 11 is 0. The molecule has 2 fully saturated rings. The van der Waals surface area contributed by atoms with Gasteiger partial charge >= 0.3 is 0 Å². The van der Waals surface area contributed by atoms with E-state index in [2.05, 4.69) is 0 Å².